The number of fused-ring (bicyclic) bond motifs is 1. The maximum absolute atomic E-state index is 13.0. The summed E-state index contributed by atoms with van der Waals surface area (Å²) in [4.78, 5) is 29.6. The van der Waals surface area contributed by atoms with Crippen molar-refractivity contribution in [2.75, 3.05) is 19.7 Å². The minimum Gasteiger partial charge on any atom is -0.464 e. The number of piperidine rings is 1. The van der Waals surface area contributed by atoms with E-state index in [-0.39, 0.29) is 12.0 Å². The van der Waals surface area contributed by atoms with Crippen LogP contribution >= 0.6 is 0 Å². The summed E-state index contributed by atoms with van der Waals surface area (Å²) in [5.74, 6) is -0.0219. The first-order chi connectivity index (χ1) is 13.3. The van der Waals surface area contributed by atoms with Crippen molar-refractivity contribution < 1.29 is 19.1 Å². The summed E-state index contributed by atoms with van der Waals surface area (Å²) in [7, 11) is 0. The Bertz CT molecular complexity index is 686. The number of benzene rings is 1. The van der Waals surface area contributed by atoms with Gasteiger partial charge in [-0.1, -0.05) is 30.3 Å². The lowest BCUT2D eigenvalue weighted by molar-refractivity contribution is -0.148. The zero-order valence-electron chi connectivity index (χ0n) is 17.4. The van der Waals surface area contributed by atoms with Crippen molar-refractivity contribution in [2.45, 2.75) is 64.8 Å². The molecule has 0 bridgehead atoms. The standard InChI is InChI=1S/C22H32N2O4/c1-5-27-20(25)18-13-17-11-12-23(14-16-9-7-6-8-10-16)15-19(17)24(18)21(26)28-22(2,3)4/h6-10,17-19H,5,11-15H2,1-4H3/t17-,18-,19-/m0/s1. The fourth-order valence-electron chi connectivity index (χ4n) is 4.28. The molecular weight excluding hydrogens is 356 g/mol. The molecule has 3 atom stereocenters. The van der Waals surface area contributed by atoms with E-state index in [1.54, 1.807) is 11.8 Å². The number of hydrogen-bond donors (Lipinski definition) is 0. The van der Waals surface area contributed by atoms with Crippen molar-refractivity contribution in [1.29, 1.82) is 0 Å². The first-order valence-corrected chi connectivity index (χ1v) is 10.2. The van der Waals surface area contributed by atoms with Gasteiger partial charge in [-0.15, -0.1) is 0 Å². The second kappa shape index (κ2) is 8.52. The number of likely N-dealkylation sites (tertiary alicyclic amines) is 2. The summed E-state index contributed by atoms with van der Waals surface area (Å²) in [6, 6.07) is 9.76. The number of hydrogen-bond acceptors (Lipinski definition) is 5. The van der Waals surface area contributed by atoms with E-state index in [0.29, 0.717) is 18.9 Å². The van der Waals surface area contributed by atoms with Gasteiger partial charge in [0.15, 0.2) is 0 Å². The van der Waals surface area contributed by atoms with Gasteiger partial charge in [-0.25, -0.2) is 9.59 Å². The molecule has 0 radical (unpaired) electrons. The minimum absolute atomic E-state index is 0.0262. The second-order valence-electron chi connectivity index (χ2n) is 8.73. The molecule has 1 aromatic carbocycles. The Labute approximate surface area is 167 Å². The Morgan fingerprint density at radius 3 is 2.54 bits per heavy atom. The van der Waals surface area contributed by atoms with E-state index in [4.69, 9.17) is 9.47 Å². The van der Waals surface area contributed by atoms with Crippen LogP contribution in [0.3, 0.4) is 0 Å². The predicted octanol–water partition coefficient (Wildman–Crippen LogP) is 3.45. The molecule has 1 aromatic rings. The molecule has 154 valence electrons. The van der Waals surface area contributed by atoms with E-state index in [1.165, 1.54) is 5.56 Å². The topological polar surface area (TPSA) is 59.1 Å². The third-order valence-electron chi connectivity index (χ3n) is 5.44. The van der Waals surface area contributed by atoms with Crippen LogP contribution in [-0.2, 0) is 20.8 Å². The van der Waals surface area contributed by atoms with Crippen LogP contribution in [0.15, 0.2) is 30.3 Å². The zero-order chi connectivity index (χ0) is 20.3. The van der Waals surface area contributed by atoms with Gasteiger partial charge in [0.2, 0.25) is 0 Å². The monoisotopic (exact) mass is 388 g/mol. The SMILES string of the molecule is CCOC(=O)[C@@H]1C[C@@H]2CCN(Cc3ccccc3)C[C@@H]2N1C(=O)OC(C)(C)C. The first-order valence-electron chi connectivity index (χ1n) is 10.2. The summed E-state index contributed by atoms with van der Waals surface area (Å²) in [6.45, 7) is 10.2. The van der Waals surface area contributed by atoms with E-state index in [1.807, 2.05) is 39.0 Å². The molecule has 6 heteroatoms. The average molecular weight is 389 g/mol. The molecule has 6 nitrogen and oxygen atoms in total. The average Bonchev–Trinajstić information content (AvgIpc) is 3.00. The predicted molar refractivity (Wildman–Crippen MR) is 107 cm³/mol. The molecule has 0 unspecified atom stereocenters. The fraction of sp³-hybridized carbons (Fsp3) is 0.636. The van der Waals surface area contributed by atoms with Crippen LogP contribution in [0.2, 0.25) is 0 Å². The molecule has 0 N–H and O–H groups in total. The van der Waals surface area contributed by atoms with E-state index >= 15 is 0 Å². The molecule has 2 saturated heterocycles. The molecule has 0 aromatic heterocycles. The van der Waals surface area contributed by atoms with Gasteiger partial charge in [-0.2, -0.15) is 0 Å². The highest BCUT2D eigenvalue weighted by molar-refractivity contribution is 5.82. The number of rotatable bonds is 4. The van der Waals surface area contributed by atoms with Crippen molar-refractivity contribution in [3.05, 3.63) is 35.9 Å². The van der Waals surface area contributed by atoms with Crippen LogP contribution in [0.4, 0.5) is 4.79 Å². The summed E-state index contributed by atoms with van der Waals surface area (Å²) < 4.78 is 10.9. The Morgan fingerprint density at radius 1 is 1.18 bits per heavy atom. The fourth-order valence-corrected chi connectivity index (χ4v) is 4.28. The van der Waals surface area contributed by atoms with E-state index in [9.17, 15) is 9.59 Å². The van der Waals surface area contributed by atoms with Crippen molar-refractivity contribution in [1.82, 2.24) is 9.80 Å². The third kappa shape index (κ3) is 4.85. The number of carbonyl (C=O) groups is 2. The highest BCUT2D eigenvalue weighted by Gasteiger charge is 2.50. The highest BCUT2D eigenvalue weighted by Crippen LogP contribution is 2.37. The van der Waals surface area contributed by atoms with Gasteiger partial charge < -0.3 is 9.47 Å². The molecular formula is C22H32N2O4. The summed E-state index contributed by atoms with van der Waals surface area (Å²) >= 11 is 0. The first kappa shape index (κ1) is 20.6. The Morgan fingerprint density at radius 2 is 1.89 bits per heavy atom. The molecule has 0 aliphatic carbocycles. The van der Waals surface area contributed by atoms with Crippen LogP contribution in [0.25, 0.3) is 0 Å². The smallest absolute Gasteiger partial charge is 0.411 e. The lowest BCUT2D eigenvalue weighted by Crippen LogP contribution is -2.53. The number of esters is 1. The van der Waals surface area contributed by atoms with E-state index < -0.39 is 17.7 Å². The highest BCUT2D eigenvalue weighted by atomic mass is 16.6. The van der Waals surface area contributed by atoms with Gasteiger partial charge in [0.25, 0.3) is 0 Å². The zero-order valence-corrected chi connectivity index (χ0v) is 17.4. The van der Waals surface area contributed by atoms with Crippen molar-refractivity contribution in [3.8, 4) is 0 Å². The summed E-state index contributed by atoms with van der Waals surface area (Å²) in [5.41, 5.74) is 0.650. The van der Waals surface area contributed by atoms with Gasteiger partial charge in [0.1, 0.15) is 11.6 Å². The van der Waals surface area contributed by atoms with Crippen LogP contribution in [0.5, 0.6) is 0 Å². The van der Waals surface area contributed by atoms with Crippen molar-refractivity contribution in [2.24, 2.45) is 5.92 Å². The van der Waals surface area contributed by atoms with Crippen LogP contribution in [0.1, 0.15) is 46.1 Å². The van der Waals surface area contributed by atoms with Crippen LogP contribution < -0.4 is 0 Å². The number of carbonyl (C=O) groups excluding carboxylic acids is 2. The van der Waals surface area contributed by atoms with Crippen molar-refractivity contribution in [3.63, 3.8) is 0 Å². The van der Waals surface area contributed by atoms with Gasteiger partial charge in [-0.3, -0.25) is 9.80 Å². The quantitative estimate of drug-likeness (QED) is 0.740. The number of amides is 1. The molecule has 2 aliphatic rings. The Kier molecular flexibility index (Phi) is 6.28. The molecule has 2 heterocycles. The largest absolute Gasteiger partial charge is 0.464 e. The Balaban J connectivity index is 1.77. The minimum atomic E-state index is -0.604. The number of nitrogens with zero attached hydrogens (tertiary/aromatic N) is 2. The van der Waals surface area contributed by atoms with Gasteiger partial charge >= 0.3 is 12.1 Å². The molecule has 2 aliphatic heterocycles. The van der Waals surface area contributed by atoms with Crippen LogP contribution in [-0.4, -0.2) is 59.2 Å². The van der Waals surface area contributed by atoms with E-state index in [2.05, 4.69) is 17.0 Å². The van der Waals surface area contributed by atoms with Gasteiger partial charge in [-0.05, 0) is 58.6 Å². The molecule has 28 heavy (non-hydrogen) atoms. The molecule has 2 fully saturated rings. The summed E-state index contributed by atoms with van der Waals surface area (Å²) in [6.07, 6.45) is 1.20. The van der Waals surface area contributed by atoms with Crippen LogP contribution in [0, 0.1) is 5.92 Å². The molecule has 0 saturated carbocycles. The third-order valence-corrected chi connectivity index (χ3v) is 5.44. The lowest BCUT2D eigenvalue weighted by Gasteiger charge is -2.39. The normalized spacial score (nSPS) is 25.3. The second-order valence-corrected chi connectivity index (χ2v) is 8.73. The Hall–Kier alpha value is -2.08. The van der Waals surface area contributed by atoms with Crippen molar-refractivity contribution >= 4 is 12.1 Å². The number of ether oxygens (including phenoxy) is 2. The molecule has 1 amide bonds. The maximum atomic E-state index is 13.0. The lowest BCUT2D eigenvalue weighted by atomic mass is 9.91. The molecule has 0 spiro atoms. The van der Waals surface area contributed by atoms with E-state index in [0.717, 1.165) is 26.1 Å². The molecule has 3 rings (SSSR count). The van der Waals surface area contributed by atoms with Gasteiger partial charge in [0, 0.05) is 13.1 Å². The summed E-state index contributed by atoms with van der Waals surface area (Å²) in [5, 5.41) is 0. The maximum Gasteiger partial charge on any atom is 0.411 e. The van der Waals surface area contributed by atoms with Gasteiger partial charge in [0.05, 0.1) is 12.6 Å².